The lowest BCUT2D eigenvalue weighted by Crippen LogP contribution is -2.28. The lowest BCUT2D eigenvalue weighted by molar-refractivity contribution is 0.351. The number of aryl methyl sites for hydroxylation is 2. The summed E-state index contributed by atoms with van der Waals surface area (Å²) in [6, 6.07) is 4.79. The molecule has 2 aromatic rings. The lowest BCUT2D eigenvalue weighted by atomic mass is 10.1. The summed E-state index contributed by atoms with van der Waals surface area (Å²) in [5, 5.41) is 4.20. The zero-order chi connectivity index (χ0) is 15.9. The predicted molar refractivity (Wildman–Crippen MR) is 81.3 cm³/mol. The fourth-order valence-electron chi connectivity index (χ4n) is 2.51. The number of halogens is 1. The minimum absolute atomic E-state index is 0.0584. The molecule has 0 amide bonds. The highest BCUT2D eigenvalue weighted by Crippen LogP contribution is 2.31. The fraction of sp³-hybridized carbons (Fsp3) is 0.429. The highest BCUT2D eigenvalue weighted by Gasteiger charge is 2.35. The van der Waals surface area contributed by atoms with E-state index in [9.17, 15) is 8.42 Å². The van der Waals surface area contributed by atoms with E-state index < -0.39 is 10.0 Å². The third-order valence-electron chi connectivity index (χ3n) is 3.82. The maximum Gasteiger partial charge on any atom is 0.243 e. The molecule has 0 bridgehead atoms. The van der Waals surface area contributed by atoms with E-state index in [1.807, 2.05) is 6.92 Å². The Kier molecular flexibility index (Phi) is 3.96. The second-order valence-corrected chi connectivity index (χ2v) is 7.78. The van der Waals surface area contributed by atoms with E-state index in [0.717, 1.165) is 5.56 Å². The van der Waals surface area contributed by atoms with E-state index >= 15 is 0 Å². The van der Waals surface area contributed by atoms with Crippen molar-refractivity contribution < 1.29 is 12.9 Å². The molecule has 0 aliphatic carbocycles. The van der Waals surface area contributed by atoms with Crippen molar-refractivity contribution in [3.63, 3.8) is 0 Å². The van der Waals surface area contributed by atoms with Crippen molar-refractivity contribution in [3.8, 4) is 0 Å². The maximum absolute atomic E-state index is 12.7. The zero-order valence-corrected chi connectivity index (χ0v) is 13.9. The van der Waals surface area contributed by atoms with Crippen LogP contribution < -0.4 is 0 Å². The molecule has 0 N–H and O–H groups in total. The molecule has 0 radical (unpaired) electrons. The summed E-state index contributed by atoms with van der Waals surface area (Å²) in [6.45, 7) is 4.35. The lowest BCUT2D eigenvalue weighted by Gasteiger charge is -2.16. The highest BCUT2D eigenvalue weighted by molar-refractivity contribution is 7.89. The molecule has 1 aromatic carbocycles. The molecular weight excluding hydrogens is 326 g/mol. The molecule has 3 rings (SSSR count). The third-order valence-corrected chi connectivity index (χ3v) is 6.09. The van der Waals surface area contributed by atoms with Gasteiger partial charge in [-0.2, -0.15) is 9.29 Å². The quantitative estimate of drug-likeness (QED) is 0.857. The molecule has 1 atom stereocenters. The van der Waals surface area contributed by atoms with Gasteiger partial charge in [0.15, 0.2) is 5.82 Å². The predicted octanol–water partition coefficient (Wildman–Crippen LogP) is 2.52. The second kappa shape index (κ2) is 5.64. The number of hydrogen-bond donors (Lipinski definition) is 0. The average Bonchev–Trinajstić information content (AvgIpc) is 3.10. The Morgan fingerprint density at radius 3 is 2.77 bits per heavy atom. The molecule has 0 saturated carbocycles. The Morgan fingerprint density at radius 2 is 2.14 bits per heavy atom. The summed E-state index contributed by atoms with van der Waals surface area (Å²) in [7, 11) is -3.55. The fourth-order valence-corrected chi connectivity index (χ4v) is 4.28. The molecule has 22 heavy (non-hydrogen) atoms. The van der Waals surface area contributed by atoms with E-state index in [-0.39, 0.29) is 10.8 Å². The minimum Gasteiger partial charge on any atom is -0.339 e. The van der Waals surface area contributed by atoms with Crippen LogP contribution in [-0.4, -0.2) is 36.0 Å². The second-order valence-electron chi connectivity index (χ2n) is 5.44. The monoisotopic (exact) mass is 341 g/mol. The van der Waals surface area contributed by atoms with E-state index in [1.54, 1.807) is 19.1 Å². The molecule has 1 unspecified atom stereocenters. The number of hydrogen-bond acceptors (Lipinski definition) is 5. The van der Waals surface area contributed by atoms with Crippen molar-refractivity contribution >= 4 is 21.6 Å². The van der Waals surface area contributed by atoms with E-state index in [2.05, 4.69) is 10.1 Å². The van der Waals surface area contributed by atoms with Crippen LogP contribution >= 0.6 is 11.6 Å². The molecule has 1 saturated heterocycles. The molecule has 1 aliphatic heterocycles. The van der Waals surface area contributed by atoms with Crippen LogP contribution in [0.15, 0.2) is 27.6 Å². The number of rotatable bonds is 3. The Bertz CT molecular complexity index is 803. The van der Waals surface area contributed by atoms with E-state index in [4.69, 9.17) is 16.1 Å². The number of nitrogens with zero attached hydrogens (tertiary/aromatic N) is 3. The summed E-state index contributed by atoms with van der Waals surface area (Å²) < 4.78 is 32.0. The molecule has 0 spiro atoms. The summed E-state index contributed by atoms with van der Waals surface area (Å²) in [6.07, 6.45) is 0.667. The van der Waals surface area contributed by atoms with Crippen molar-refractivity contribution in [2.75, 3.05) is 13.1 Å². The normalized spacial score (nSPS) is 19.7. The maximum atomic E-state index is 12.7. The molecule has 8 heteroatoms. The van der Waals surface area contributed by atoms with Crippen molar-refractivity contribution in [1.29, 1.82) is 0 Å². The van der Waals surface area contributed by atoms with E-state index in [1.165, 1.54) is 10.4 Å². The molecule has 1 aromatic heterocycles. The van der Waals surface area contributed by atoms with Crippen molar-refractivity contribution in [2.45, 2.75) is 31.1 Å². The van der Waals surface area contributed by atoms with Crippen LogP contribution in [0.4, 0.5) is 0 Å². The van der Waals surface area contributed by atoms with E-state index in [0.29, 0.717) is 36.2 Å². The largest absolute Gasteiger partial charge is 0.339 e. The first-order valence-electron chi connectivity index (χ1n) is 6.94. The SMILES string of the molecule is Cc1noc(C2CCN(S(=O)(=O)c3ccc(C)c(Cl)c3)C2)n1. The van der Waals surface area contributed by atoms with Gasteiger partial charge in [0.2, 0.25) is 15.9 Å². The van der Waals surface area contributed by atoms with Gasteiger partial charge in [-0.15, -0.1) is 0 Å². The standard InChI is InChI=1S/C14H16ClN3O3S/c1-9-3-4-12(7-13(9)15)22(19,20)18-6-5-11(8-18)14-16-10(2)17-21-14/h3-4,7,11H,5-6,8H2,1-2H3. The van der Waals surface area contributed by atoms with Crippen molar-refractivity contribution in [3.05, 3.63) is 40.5 Å². The van der Waals surface area contributed by atoms with Gasteiger partial charge in [0.1, 0.15) is 0 Å². The first kappa shape index (κ1) is 15.5. The van der Waals surface area contributed by atoms with Crippen LogP contribution in [0, 0.1) is 13.8 Å². The smallest absolute Gasteiger partial charge is 0.243 e. The topological polar surface area (TPSA) is 76.3 Å². The molecule has 2 heterocycles. The molecule has 6 nitrogen and oxygen atoms in total. The van der Waals surface area contributed by atoms with Gasteiger partial charge in [-0.3, -0.25) is 0 Å². The van der Waals surface area contributed by atoms with Crippen molar-refractivity contribution in [1.82, 2.24) is 14.4 Å². The number of sulfonamides is 1. The summed E-state index contributed by atoms with van der Waals surface area (Å²) >= 11 is 6.04. The Hall–Kier alpha value is -1.44. The van der Waals surface area contributed by atoms with Crippen LogP contribution in [-0.2, 0) is 10.0 Å². The Morgan fingerprint density at radius 1 is 1.36 bits per heavy atom. The van der Waals surface area contributed by atoms with Gasteiger partial charge in [-0.05, 0) is 38.0 Å². The van der Waals surface area contributed by atoms with Gasteiger partial charge in [0.25, 0.3) is 0 Å². The van der Waals surface area contributed by atoms with Crippen LogP contribution in [0.5, 0.6) is 0 Å². The van der Waals surface area contributed by atoms with Crippen LogP contribution in [0.25, 0.3) is 0 Å². The van der Waals surface area contributed by atoms with Gasteiger partial charge in [-0.25, -0.2) is 8.42 Å². The first-order valence-corrected chi connectivity index (χ1v) is 8.76. The molecular formula is C14H16ClN3O3S. The molecule has 1 aliphatic rings. The van der Waals surface area contributed by atoms with Gasteiger partial charge >= 0.3 is 0 Å². The first-order chi connectivity index (χ1) is 10.4. The average molecular weight is 342 g/mol. The summed E-state index contributed by atoms with van der Waals surface area (Å²) in [5.41, 5.74) is 0.848. The summed E-state index contributed by atoms with van der Waals surface area (Å²) in [4.78, 5) is 4.40. The number of aromatic nitrogens is 2. The summed E-state index contributed by atoms with van der Waals surface area (Å²) in [5.74, 6) is 0.996. The van der Waals surface area contributed by atoms with Gasteiger partial charge in [0.05, 0.1) is 10.8 Å². The molecule has 1 fully saturated rings. The minimum atomic E-state index is -3.55. The van der Waals surface area contributed by atoms with Crippen LogP contribution in [0.3, 0.4) is 0 Å². The Labute approximate surface area is 134 Å². The van der Waals surface area contributed by atoms with Gasteiger partial charge in [-0.1, -0.05) is 22.8 Å². The van der Waals surface area contributed by atoms with Crippen LogP contribution in [0.1, 0.15) is 29.6 Å². The zero-order valence-electron chi connectivity index (χ0n) is 12.3. The third kappa shape index (κ3) is 2.76. The van der Waals surface area contributed by atoms with Gasteiger partial charge < -0.3 is 4.52 Å². The Balaban J connectivity index is 1.83. The van der Waals surface area contributed by atoms with Crippen molar-refractivity contribution in [2.24, 2.45) is 0 Å². The number of benzene rings is 1. The van der Waals surface area contributed by atoms with Gasteiger partial charge in [0, 0.05) is 18.1 Å². The molecule has 118 valence electrons. The van der Waals surface area contributed by atoms with Crippen LogP contribution in [0.2, 0.25) is 5.02 Å². The highest BCUT2D eigenvalue weighted by atomic mass is 35.5.